The third-order valence-electron chi connectivity index (χ3n) is 1.94. The van der Waals surface area contributed by atoms with Crippen molar-refractivity contribution in [2.45, 2.75) is 12.8 Å². The third kappa shape index (κ3) is 2.62. The molecule has 0 aliphatic carbocycles. The lowest BCUT2D eigenvalue weighted by molar-refractivity contribution is 0.287. The molecule has 1 aromatic rings. The molecule has 0 radical (unpaired) electrons. The van der Waals surface area contributed by atoms with Gasteiger partial charge in [-0.05, 0) is 30.5 Å². The number of phenolic OH excluding ortho intramolecular Hbond substituents is 1. The Hall–Kier alpha value is -0.740. The molecule has 0 aliphatic heterocycles. The maximum atomic E-state index is 9.71. The quantitative estimate of drug-likeness (QED) is 0.872. The number of rotatable bonds is 4. The smallest absolute Gasteiger partial charge is 0.161 e. The van der Waals surface area contributed by atoms with Gasteiger partial charge in [0.05, 0.1) is 7.11 Å². The molecule has 1 rings (SSSR count). The summed E-state index contributed by atoms with van der Waals surface area (Å²) in [4.78, 5) is 0. The Balaban J connectivity index is 2.96. The van der Waals surface area contributed by atoms with Gasteiger partial charge in [0.1, 0.15) is 0 Å². The first-order valence-electron chi connectivity index (χ1n) is 4.35. The molecule has 14 heavy (non-hydrogen) atoms. The van der Waals surface area contributed by atoms with Crippen molar-refractivity contribution in [1.29, 1.82) is 0 Å². The van der Waals surface area contributed by atoms with Gasteiger partial charge in [0.25, 0.3) is 0 Å². The van der Waals surface area contributed by atoms with E-state index in [1.165, 1.54) is 7.11 Å². The van der Waals surface area contributed by atoms with Crippen molar-refractivity contribution in [3.63, 3.8) is 0 Å². The molecule has 78 valence electrons. The number of hydrogen-bond acceptors (Lipinski definition) is 3. The Kier molecular flexibility index (Phi) is 4.22. The highest BCUT2D eigenvalue weighted by atomic mass is 79.9. The van der Waals surface area contributed by atoms with Crippen molar-refractivity contribution in [2.24, 2.45) is 0 Å². The van der Waals surface area contributed by atoms with Crippen LogP contribution in [-0.4, -0.2) is 23.9 Å². The number of ether oxygens (including phenoxy) is 1. The van der Waals surface area contributed by atoms with E-state index in [2.05, 4.69) is 15.9 Å². The topological polar surface area (TPSA) is 49.7 Å². The summed E-state index contributed by atoms with van der Waals surface area (Å²) in [7, 11) is 1.51. The zero-order chi connectivity index (χ0) is 10.6. The minimum absolute atomic E-state index is 0.119. The molecule has 1 aromatic carbocycles. The zero-order valence-electron chi connectivity index (χ0n) is 7.96. The summed E-state index contributed by atoms with van der Waals surface area (Å²) >= 11 is 3.33. The Labute approximate surface area is 91.5 Å². The first kappa shape index (κ1) is 11.3. The molecule has 4 heteroatoms. The molecule has 0 unspecified atom stereocenters. The summed E-state index contributed by atoms with van der Waals surface area (Å²) in [5.41, 5.74) is 0.783. The average molecular weight is 261 g/mol. The van der Waals surface area contributed by atoms with Crippen LogP contribution in [0.1, 0.15) is 12.0 Å². The summed E-state index contributed by atoms with van der Waals surface area (Å²) in [6.07, 6.45) is 1.27. The van der Waals surface area contributed by atoms with Crippen molar-refractivity contribution < 1.29 is 14.9 Å². The molecule has 0 spiro atoms. The van der Waals surface area contributed by atoms with E-state index in [0.29, 0.717) is 18.6 Å². The zero-order valence-corrected chi connectivity index (χ0v) is 9.54. The second-order valence-electron chi connectivity index (χ2n) is 2.94. The Morgan fingerprint density at radius 2 is 2.14 bits per heavy atom. The first-order chi connectivity index (χ1) is 6.69. The van der Waals surface area contributed by atoms with E-state index in [-0.39, 0.29) is 12.4 Å². The van der Waals surface area contributed by atoms with E-state index in [1.807, 2.05) is 6.07 Å². The second-order valence-corrected chi connectivity index (χ2v) is 3.86. The van der Waals surface area contributed by atoms with Gasteiger partial charge in [-0.3, -0.25) is 0 Å². The molecule has 2 N–H and O–H groups in total. The summed E-state index contributed by atoms with van der Waals surface area (Å²) < 4.78 is 5.87. The fourth-order valence-electron chi connectivity index (χ4n) is 1.24. The highest BCUT2D eigenvalue weighted by molar-refractivity contribution is 9.10. The summed E-state index contributed by atoms with van der Waals surface area (Å²) in [6.45, 7) is 0.119. The van der Waals surface area contributed by atoms with E-state index >= 15 is 0 Å². The average Bonchev–Trinajstić information content (AvgIpc) is 2.18. The van der Waals surface area contributed by atoms with Crippen LogP contribution >= 0.6 is 15.9 Å². The molecule has 0 saturated heterocycles. The minimum atomic E-state index is 0.119. The van der Waals surface area contributed by atoms with Crippen LogP contribution in [0.5, 0.6) is 11.5 Å². The number of aryl methyl sites for hydroxylation is 1. The van der Waals surface area contributed by atoms with Crippen molar-refractivity contribution >= 4 is 15.9 Å². The van der Waals surface area contributed by atoms with Gasteiger partial charge >= 0.3 is 0 Å². The number of benzene rings is 1. The molecule has 3 nitrogen and oxygen atoms in total. The largest absolute Gasteiger partial charge is 0.504 e. The Bertz CT molecular complexity index is 312. The lowest BCUT2D eigenvalue weighted by Crippen LogP contribution is -1.93. The maximum Gasteiger partial charge on any atom is 0.161 e. The molecule has 0 aromatic heterocycles. The maximum absolute atomic E-state index is 9.71. The normalized spacial score (nSPS) is 10.2. The molecule has 0 amide bonds. The van der Waals surface area contributed by atoms with Crippen molar-refractivity contribution in [1.82, 2.24) is 0 Å². The standard InChI is InChI=1S/C10H13BrO3/c1-14-9-6-8(11)5-7(10(9)13)3-2-4-12/h5-6,12-13H,2-4H2,1H3. The lowest BCUT2D eigenvalue weighted by atomic mass is 10.1. The molecule has 0 saturated carbocycles. The Morgan fingerprint density at radius 3 is 2.71 bits per heavy atom. The molecule has 0 fully saturated rings. The lowest BCUT2D eigenvalue weighted by Gasteiger charge is -2.09. The van der Waals surface area contributed by atoms with Crippen LogP contribution in [0.3, 0.4) is 0 Å². The molecular weight excluding hydrogens is 248 g/mol. The third-order valence-corrected chi connectivity index (χ3v) is 2.40. The van der Waals surface area contributed by atoms with E-state index in [1.54, 1.807) is 6.07 Å². The van der Waals surface area contributed by atoms with Gasteiger partial charge < -0.3 is 14.9 Å². The Morgan fingerprint density at radius 1 is 1.43 bits per heavy atom. The summed E-state index contributed by atoms with van der Waals surface area (Å²) in [5.74, 6) is 0.608. The fourth-order valence-corrected chi connectivity index (χ4v) is 1.73. The highest BCUT2D eigenvalue weighted by Gasteiger charge is 2.08. The van der Waals surface area contributed by atoms with E-state index in [4.69, 9.17) is 9.84 Å². The number of hydrogen-bond donors (Lipinski definition) is 2. The van der Waals surface area contributed by atoms with Gasteiger partial charge in [-0.1, -0.05) is 15.9 Å². The van der Waals surface area contributed by atoms with Crippen LogP contribution in [0.4, 0.5) is 0 Å². The summed E-state index contributed by atoms with van der Waals surface area (Å²) in [6, 6.07) is 3.53. The van der Waals surface area contributed by atoms with Gasteiger partial charge in [0.15, 0.2) is 11.5 Å². The van der Waals surface area contributed by atoms with Gasteiger partial charge in [-0.2, -0.15) is 0 Å². The van der Waals surface area contributed by atoms with Gasteiger partial charge in [-0.15, -0.1) is 0 Å². The van der Waals surface area contributed by atoms with E-state index < -0.39 is 0 Å². The van der Waals surface area contributed by atoms with Crippen molar-refractivity contribution in [3.05, 3.63) is 22.2 Å². The molecule has 0 bridgehead atoms. The number of aromatic hydroxyl groups is 1. The van der Waals surface area contributed by atoms with Crippen LogP contribution in [0, 0.1) is 0 Å². The van der Waals surface area contributed by atoms with Crippen molar-refractivity contribution in [3.8, 4) is 11.5 Å². The number of halogens is 1. The van der Waals surface area contributed by atoms with Crippen LogP contribution in [0.2, 0.25) is 0 Å². The molecule has 0 heterocycles. The van der Waals surface area contributed by atoms with Crippen LogP contribution in [0.15, 0.2) is 16.6 Å². The highest BCUT2D eigenvalue weighted by Crippen LogP contribution is 2.34. The van der Waals surface area contributed by atoms with E-state index in [9.17, 15) is 5.11 Å². The number of aliphatic hydroxyl groups is 1. The van der Waals surface area contributed by atoms with Crippen LogP contribution in [0.25, 0.3) is 0 Å². The second kappa shape index (κ2) is 5.22. The molecule has 0 aliphatic rings. The minimum Gasteiger partial charge on any atom is -0.504 e. The monoisotopic (exact) mass is 260 g/mol. The van der Waals surface area contributed by atoms with Gasteiger partial charge in [0, 0.05) is 11.1 Å². The van der Waals surface area contributed by atoms with Crippen LogP contribution < -0.4 is 4.74 Å². The van der Waals surface area contributed by atoms with Gasteiger partial charge in [-0.25, -0.2) is 0 Å². The fraction of sp³-hybridized carbons (Fsp3) is 0.400. The number of methoxy groups -OCH3 is 1. The SMILES string of the molecule is COc1cc(Br)cc(CCCO)c1O. The molecule has 0 atom stereocenters. The predicted molar refractivity (Wildman–Crippen MR) is 57.8 cm³/mol. The number of aliphatic hydroxyl groups excluding tert-OH is 1. The first-order valence-corrected chi connectivity index (χ1v) is 5.14. The summed E-state index contributed by atoms with van der Waals surface area (Å²) in [5, 5.41) is 18.4. The van der Waals surface area contributed by atoms with Crippen molar-refractivity contribution in [2.75, 3.05) is 13.7 Å². The number of phenols is 1. The van der Waals surface area contributed by atoms with E-state index in [0.717, 1.165) is 10.0 Å². The van der Waals surface area contributed by atoms with Crippen LogP contribution in [-0.2, 0) is 6.42 Å². The predicted octanol–water partition coefficient (Wildman–Crippen LogP) is 2.09. The molecular formula is C10H13BrO3. The van der Waals surface area contributed by atoms with Gasteiger partial charge in [0.2, 0.25) is 0 Å².